The highest BCUT2D eigenvalue weighted by molar-refractivity contribution is 5.30. The van der Waals surface area contributed by atoms with E-state index in [-0.39, 0.29) is 11.2 Å². The highest BCUT2D eigenvalue weighted by atomic mass is 17.2. The molecule has 1 heterocycles. The third kappa shape index (κ3) is 3.22. The first kappa shape index (κ1) is 19.6. The van der Waals surface area contributed by atoms with Crippen LogP contribution in [0.5, 0.6) is 5.75 Å². The average molecular weight is 412 g/mol. The predicted molar refractivity (Wildman–Crippen MR) is 116 cm³/mol. The summed E-state index contributed by atoms with van der Waals surface area (Å²) in [6.07, 6.45) is 13.9. The quantitative estimate of drug-likeness (QED) is 0.524. The molecule has 30 heavy (non-hydrogen) atoms. The lowest BCUT2D eigenvalue weighted by Crippen LogP contribution is -2.58. The van der Waals surface area contributed by atoms with E-state index in [0.717, 1.165) is 55.1 Å². The summed E-state index contributed by atoms with van der Waals surface area (Å²) in [7, 11) is 0. The second kappa shape index (κ2) is 7.50. The number of hydrogen-bond donors (Lipinski definition) is 1. The van der Waals surface area contributed by atoms with Gasteiger partial charge in [-0.15, -0.1) is 0 Å². The molecule has 2 N–H and O–H groups in total. The first-order chi connectivity index (χ1) is 14.7. The van der Waals surface area contributed by atoms with E-state index in [4.69, 9.17) is 20.2 Å². The monoisotopic (exact) mass is 411 g/mol. The molecule has 6 aliphatic rings. The van der Waals surface area contributed by atoms with E-state index in [1.165, 1.54) is 50.5 Å². The van der Waals surface area contributed by atoms with Crippen molar-refractivity contribution in [1.82, 2.24) is 0 Å². The molecule has 1 aromatic carbocycles. The summed E-state index contributed by atoms with van der Waals surface area (Å²) in [6.45, 7) is 1.37. The average Bonchev–Trinajstić information content (AvgIpc) is 3.12. The Morgan fingerprint density at radius 1 is 0.967 bits per heavy atom. The van der Waals surface area contributed by atoms with Gasteiger partial charge in [-0.3, -0.25) is 0 Å². The van der Waals surface area contributed by atoms with Gasteiger partial charge in [0.25, 0.3) is 0 Å². The van der Waals surface area contributed by atoms with Gasteiger partial charge in [0, 0.05) is 6.42 Å². The van der Waals surface area contributed by atoms with Crippen LogP contribution in [0.25, 0.3) is 0 Å². The SMILES string of the molecule is NCCCOc1ccc(C2CCC[C@@]3(C2)CC2(OO3)C3CC4CC(C3)CC2C4)cc1. The van der Waals surface area contributed by atoms with Crippen molar-refractivity contribution in [3.8, 4) is 5.75 Å². The zero-order chi connectivity index (χ0) is 20.2. The smallest absolute Gasteiger partial charge is 0.119 e. The van der Waals surface area contributed by atoms with Gasteiger partial charge in [0.1, 0.15) is 17.0 Å². The van der Waals surface area contributed by atoms with Crippen molar-refractivity contribution in [2.24, 2.45) is 29.4 Å². The van der Waals surface area contributed by atoms with Gasteiger partial charge in [-0.1, -0.05) is 12.1 Å². The third-order valence-corrected chi connectivity index (χ3v) is 9.26. The summed E-state index contributed by atoms with van der Waals surface area (Å²) in [5.41, 5.74) is 6.96. The minimum Gasteiger partial charge on any atom is -0.494 e. The second-order valence-corrected chi connectivity index (χ2v) is 11.1. The molecule has 5 aliphatic carbocycles. The maximum absolute atomic E-state index is 6.44. The molecular formula is C26H37NO3. The Morgan fingerprint density at radius 3 is 2.40 bits per heavy atom. The Bertz CT molecular complexity index is 734. The highest BCUT2D eigenvalue weighted by Gasteiger charge is 2.65. The van der Waals surface area contributed by atoms with Crippen molar-refractivity contribution in [2.75, 3.05) is 13.2 Å². The number of rotatable bonds is 5. The summed E-state index contributed by atoms with van der Waals surface area (Å²) in [4.78, 5) is 12.8. The summed E-state index contributed by atoms with van der Waals surface area (Å²) in [5, 5.41) is 0. The zero-order valence-corrected chi connectivity index (χ0v) is 18.2. The zero-order valence-electron chi connectivity index (χ0n) is 18.2. The summed E-state index contributed by atoms with van der Waals surface area (Å²) >= 11 is 0. The molecule has 6 fully saturated rings. The van der Waals surface area contributed by atoms with Crippen molar-refractivity contribution < 1.29 is 14.5 Å². The molecule has 1 unspecified atom stereocenters. The van der Waals surface area contributed by atoms with Crippen LogP contribution in [-0.4, -0.2) is 24.4 Å². The van der Waals surface area contributed by atoms with Crippen molar-refractivity contribution in [1.29, 1.82) is 0 Å². The number of nitrogens with two attached hydrogens (primary N) is 1. The molecule has 4 nitrogen and oxygen atoms in total. The lowest BCUT2D eigenvalue weighted by Gasteiger charge is -2.58. The van der Waals surface area contributed by atoms with Gasteiger partial charge in [0.2, 0.25) is 0 Å². The van der Waals surface area contributed by atoms with Crippen LogP contribution in [0.1, 0.15) is 82.1 Å². The molecule has 7 rings (SSSR count). The van der Waals surface area contributed by atoms with Crippen LogP contribution in [0.15, 0.2) is 24.3 Å². The Labute approximate surface area is 180 Å². The molecule has 1 aliphatic heterocycles. The Morgan fingerprint density at radius 2 is 1.70 bits per heavy atom. The van der Waals surface area contributed by atoms with E-state index >= 15 is 0 Å². The van der Waals surface area contributed by atoms with Crippen molar-refractivity contribution in [3.05, 3.63) is 29.8 Å². The standard InChI is InChI=1S/C26H37NO3/c27-9-2-10-28-24-6-4-20(5-7-24)21-3-1-8-25(16-21)17-26(30-29-25)22-12-18-11-19(14-22)15-23(26)13-18/h4-7,18-19,21-23H,1-3,8-17,27H2/t18?,19?,21?,22?,23?,25-,26?/m1/s1. The van der Waals surface area contributed by atoms with Crippen molar-refractivity contribution in [2.45, 2.75) is 87.7 Å². The van der Waals surface area contributed by atoms with E-state index in [1.54, 1.807) is 0 Å². The van der Waals surface area contributed by atoms with E-state index in [1.807, 2.05) is 0 Å². The van der Waals surface area contributed by atoms with Gasteiger partial charge in [-0.25, -0.2) is 9.78 Å². The van der Waals surface area contributed by atoms with Crippen LogP contribution in [0.2, 0.25) is 0 Å². The maximum atomic E-state index is 6.44. The van der Waals surface area contributed by atoms with Crippen LogP contribution in [-0.2, 0) is 9.78 Å². The van der Waals surface area contributed by atoms with Gasteiger partial charge < -0.3 is 10.5 Å². The van der Waals surface area contributed by atoms with E-state index in [9.17, 15) is 0 Å². The fraction of sp³-hybridized carbons (Fsp3) is 0.769. The predicted octanol–water partition coefficient (Wildman–Crippen LogP) is 5.36. The molecule has 2 spiro atoms. The summed E-state index contributed by atoms with van der Waals surface area (Å²) < 4.78 is 5.79. The Hall–Kier alpha value is -1.10. The largest absolute Gasteiger partial charge is 0.494 e. The van der Waals surface area contributed by atoms with Gasteiger partial charge in [0.05, 0.1) is 6.61 Å². The Kier molecular flexibility index (Phi) is 4.89. The van der Waals surface area contributed by atoms with Gasteiger partial charge in [0.15, 0.2) is 0 Å². The van der Waals surface area contributed by atoms with Crippen molar-refractivity contribution >= 4 is 0 Å². The highest BCUT2D eigenvalue weighted by Crippen LogP contribution is 2.65. The lowest BCUT2D eigenvalue weighted by molar-refractivity contribution is -0.385. The van der Waals surface area contributed by atoms with Crippen LogP contribution >= 0.6 is 0 Å². The molecule has 1 saturated heterocycles. The molecule has 0 amide bonds. The number of benzene rings is 1. The normalized spacial score (nSPS) is 44.2. The van der Waals surface area contributed by atoms with E-state index in [2.05, 4.69) is 24.3 Å². The fourth-order valence-electron chi connectivity index (χ4n) is 8.09. The first-order valence-electron chi connectivity index (χ1n) is 12.5. The van der Waals surface area contributed by atoms with Crippen molar-refractivity contribution in [3.63, 3.8) is 0 Å². The lowest BCUT2D eigenvalue weighted by atomic mass is 9.48. The fourth-order valence-corrected chi connectivity index (χ4v) is 8.09. The minimum absolute atomic E-state index is 0.0377. The van der Waals surface area contributed by atoms with Gasteiger partial charge in [-0.2, -0.15) is 0 Å². The van der Waals surface area contributed by atoms with Gasteiger partial charge >= 0.3 is 0 Å². The van der Waals surface area contributed by atoms with Crippen LogP contribution in [0.3, 0.4) is 0 Å². The van der Waals surface area contributed by atoms with E-state index in [0.29, 0.717) is 19.1 Å². The molecule has 0 radical (unpaired) electrons. The molecular weight excluding hydrogens is 374 g/mol. The van der Waals surface area contributed by atoms with Crippen LogP contribution < -0.4 is 10.5 Å². The molecule has 5 saturated carbocycles. The van der Waals surface area contributed by atoms with Crippen LogP contribution in [0, 0.1) is 23.7 Å². The third-order valence-electron chi connectivity index (χ3n) is 9.26. The molecule has 1 aromatic rings. The summed E-state index contributed by atoms with van der Waals surface area (Å²) in [5.74, 6) is 4.96. The molecule has 0 aromatic heterocycles. The molecule has 164 valence electrons. The first-order valence-corrected chi connectivity index (χ1v) is 12.5. The second-order valence-electron chi connectivity index (χ2n) is 11.1. The minimum atomic E-state index is -0.0609. The molecule has 2 atom stereocenters. The molecule has 4 bridgehead atoms. The molecule has 4 heteroatoms. The Balaban J connectivity index is 1.15. The number of ether oxygens (including phenoxy) is 1. The van der Waals surface area contributed by atoms with E-state index < -0.39 is 0 Å². The topological polar surface area (TPSA) is 53.7 Å². The maximum Gasteiger partial charge on any atom is 0.119 e. The van der Waals surface area contributed by atoms with Crippen LogP contribution in [0.4, 0.5) is 0 Å². The van der Waals surface area contributed by atoms with Gasteiger partial charge in [-0.05, 0) is 118 Å². The summed E-state index contributed by atoms with van der Waals surface area (Å²) in [6, 6.07) is 8.77. The number of hydrogen-bond acceptors (Lipinski definition) is 4.